The second-order valence-corrected chi connectivity index (χ2v) is 33.7. The Balaban J connectivity index is 5.23. The van der Waals surface area contributed by atoms with E-state index >= 15 is 0 Å². The van der Waals surface area contributed by atoms with Crippen molar-refractivity contribution in [1.82, 2.24) is 0 Å². The minimum Gasteiger partial charge on any atom is -0.462 e. The maximum atomic E-state index is 13.1. The smallest absolute Gasteiger partial charge is 0.462 e. The van der Waals surface area contributed by atoms with E-state index in [1.807, 2.05) is 0 Å². The van der Waals surface area contributed by atoms with E-state index in [2.05, 4.69) is 34.6 Å². The molecule has 618 valence electrons. The Morgan fingerprint density at radius 2 is 0.462 bits per heavy atom. The molecule has 19 heteroatoms. The molecule has 0 aliphatic carbocycles. The normalized spacial score (nSPS) is 14.0. The fourth-order valence-corrected chi connectivity index (χ4v) is 14.8. The third-order valence-corrected chi connectivity index (χ3v) is 22.3. The van der Waals surface area contributed by atoms with Crippen LogP contribution in [0, 0.1) is 5.92 Å². The summed E-state index contributed by atoms with van der Waals surface area (Å²) in [6.07, 6.45) is 70.6. The van der Waals surface area contributed by atoms with Gasteiger partial charge in [-0.1, -0.05) is 407 Å². The molecule has 0 aromatic heterocycles. The van der Waals surface area contributed by atoms with Gasteiger partial charge in [-0.25, -0.2) is 9.13 Å². The predicted octanol–water partition coefficient (Wildman–Crippen LogP) is 26.0. The lowest BCUT2D eigenvalue weighted by molar-refractivity contribution is -0.161. The molecule has 0 rings (SSSR count). The van der Waals surface area contributed by atoms with Crippen LogP contribution < -0.4 is 0 Å². The molecule has 0 spiro atoms. The second-order valence-electron chi connectivity index (χ2n) is 30.8. The molecule has 0 heterocycles. The van der Waals surface area contributed by atoms with Gasteiger partial charge in [-0.2, -0.15) is 0 Å². The van der Waals surface area contributed by atoms with Crippen LogP contribution in [0.4, 0.5) is 0 Å². The zero-order valence-electron chi connectivity index (χ0n) is 68.2. The molecular weight excluding hydrogens is 1350 g/mol. The summed E-state index contributed by atoms with van der Waals surface area (Å²) in [6, 6.07) is 0. The molecule has 104 heavy (non-hydrogen) atoms. The summed E-state index contributed by atoms with van der Waals surface area (Å²) in [5.41, 5.74) is 0. The standard InChI is InChI=1S/C85H166O17P2/c1-6-10-13-16-19-22-25-28-29-32-36-40-44-49-54-59-64-69-83(88)96-75-81(102-85(90)71-66-61-56-51-46-41-37-34-31-30-33-35-39-42-47-52-57-62-67-78(5)9-4)77-100-104(93,94)98-73-79(86)72-97-103(91,92)99-76-80(74-95-82(87)68-63-58-53-48-43-27-24-21-18-15-12-8-3)101-84(89)70-65-60-55-50-45-38-26-23-20-17-14-11-7-2/h78-81,86H,6-77H2,1-5H3,(H,91,92)(H,93,94)/t78?,79-,80+,81+/m0/s1. The summed E-state index contributed by atoms with van der Waals surface area (Å²) in [6.45, 7) is 7.43. The number of ether oxygens (including phenoxy) is 4. The maximum absolute atomic E-state index is 13.1. The lowest BCUT2D eigenvalue weighted by Gasteiger charge is -2.21. The van der Waals surface area contributed by atoms with Gasteiger partial charge < -0.3 is 33.8 Å². The Labute approximate surface area is 638 Å². The van der Waals surface area contributed by atoms with Crippen molar-refractivity contribution in [3.8, 4) is 0 Å². The monoisotopic (exact) mass is 1520 g/mol. The van der Waals surface area contributed by atoms with E-state index in [9.17, 15) is 43.2 Å². The van der Waals surface area contributed by atoms with Crippen molar-refractivity contribution in [3.63, 3.8) is 0 Å². The molecule has 0 amide bonds. The van der Waals surface area contributed by atoms with Gasteiger partial charge in [0, 0.05) is 25.7 Å². The van der Waals surface area contributed by atoms with Crippen LogP contribution in [0.1, 0.15) is 458 Å². The van der Waals surface area contributed by atoms with Gasteiger partial charge in [0.05, 0.1) is 26.4 Å². The lowest BCUT2D eigenvalue weighted by Crippen LogP contribution is -2.30. The Bertz CT molecular complexity index is 1980. The highest BCUT2D eigenvalue weighted by molar-refractivity contribution is 7.47. The molecule has 17 nitrogen and oxygen atoms in total. The highest BCUT2D eigenvalue weighted by atomic mass is 31.2. The molecule has 0 fully saturated rings. The topological polar surface area (TPSA) is 237 Å². The van der Waals surface area contributed by atoms with Gasteiger partial charge in [-0.3, -0.25) is 37.3 Å². The Hall–Kier alpha value is -1.94. The molecule has 6 atom stereocenters. The molecule has 0 aromatic carbocycles. The number of aliphatic hydroxyl groups is 1. The first kappa shape index (κ1) is 102. The van der Waals surface area contributed by atoms with Crippen LogP contribution in [0.2, 0.25) is 0 Å². The SMILES string of the molecule is CCCCCCCCCCCCCCCCCCCC(=O)OC[C@H](COP(=O)(O)OC[C@@H](O)COP(=O)(O)OC[C@@H](COC(=O)CCCCCCCCCCCCCC)OC(=O)CCCCCCCCCCCCCCC)OC(=O)CCCCCCCCCCCCCCCCCCCCC(C)CC. The molecule has 0 saturated carbocycles. The molecule has 0 bridgehead atoms. The molecule has 0 radical (unpaired) electrons. The van der Waals surface area contributed by atoms with E-state index in [0.717, 1.165) is 95.8 Å². The zero-order chi connectivity index (χ0) is 76.2. The van der Waals surface area contributed by atoms with E-state index in [1.165, 1.54) is 283 Å². The summed E-state index contributed by atoms with van der Waals surface area (Å²) < 4.78 is 68.9. The van der Waals surface area contributed by atoms with Gasteiger partial charge in [0.15, 0.2) is 12.2 Å². The predicted molar refractivity (Wildman–Crippen MR) is 428 cm³/mol. The number of aliphatic hydroxyl groups excluding tert-OH is 1. The minimum atomic E-state index is -4.96. The van der Waals surface area contributed by atoms with E-state index in [0.29, 0.717) is 25.7 Å². The van der Waals surface area contributed by atoms with Gasteiger partial charge in [-0.15, -0.1) is 0 Å². The Morgan fingerprint density at radius 3 is 0.683 bits per heavy atom. The summed E-state index contributed by atoms with van der Waals surface area (Å²) in [4.78, 5) is 73.2. The van der Waals surface area contributed by atoms with E-state index < -0.39 is 97.5 Å². The van der Waals surface area contributed by atoms with Crippen LogP contribution in [-0.4, -0.2) is 96.7 Å². The number of carbonyl (C=O) groups is 4. The first-order chi connectivity index (χ1) is 50.6. The van der Waals surface area contributed by atoms with Gasteiger partial charge >= 0.3 is 39.5 Å². The number of unbranched alkanes of at least 4 members (excludes halogenated alkanes) is 56. The van der Waals surface area contributed by atoms with Gasteiger partial charge in [0.1, 0.15) is 19.3 Å². The quantitative estimate of drug-likeness (QED) is 0.0222. The van der Waals surface area contributed by atoms with Crippen LogP contribution in [0.5, 0.6) is 0 Å². The van der Waals surface area contributed by atoms with Crippen LogP contribution >= 0.6 is 15.6 Å². The van der Waals surface area contributed by atoms with Gasteiger partial charge in [-0.05, 0) is 31.6 Å². The summed E-state index contributed by atoms with van der Waals surface area (Å²) >= 11 is 0. The summed E-state index contributed by atoms with van der Waals surface area (Å²) in [5.74, 6) is -1.23. The van der Waals surface area contributed by atoms with Crippen molar-refractivity contribution < 1.29 is 80.2 Å². The average molecular weight is 1520 g/mol. The number of carbonyl (C=O) groups excluding carboxylic acids is 4. The second kappa shape index (κ2) is 77.8. The van der Waals surface area contributed by atoms with Crippen molar-refractivity contribution in [3.05, 3.63) is 0 Å². The van der Waals surface area contributed by atoms with Crippen LogP contribution in [-0.2, 0) is 65.4 Å². The summed E-state index contributed by atoms with van der Waals surface area (Å²) in [5, 5.41) is 10.7. The van der Waals surface area contributed by atoms with E-state index in [4.69, 9.17) is 37.0 Å². The fraction of sp³-hybridized carbons (Fsp3) is 0.953. The Kier molecular flexibility index (Phi) is 76.3. The number of rotatable bonds is 85. The molecule has 3 N–H and O–H groups in total. The number of hydrogen-bond donors (Lipinski definition) is 3. The third-order valence-electron chi connectivity index (χ3n) is 20.4. The number of esters is 4. The van der Waals surface area contributed by atoms with Gasteiger partial charge in [0.25, 0.3) is 0 Å². The number of phosphoric ester groups is 2. The van der Waals surface area contributed by atoms with E-state index in [-0.39, 0.29) is 25.7 Å². The molecule has 3 unspecified atom stereocenters. The van der Waals surface area contributed by atoms with Gasteiger partial charge in [0.2, 0.25) is 0 Å². The Morgan fingerprint density at radius 1 is 0.269 bits per heavy atom. The first-order valence-electron chi connectivity index (χ1n) is 44.2. The maximum Gasteiger partial charge on any atom is 0.472 e. The van der Waals surface area contributed by atoms with Crippen LogP contribution in [0.15, 0.2) is 0 Å². The molecular formula is C85H166O17P2. The zero-order valence-corrected chi connectivity index (χ0v) is 70.0. The highest BCUT2D eigenvalue weighted by Crippen LogP contribution is 2.45. The molecule has 0 aromatic rings. The molecule has 0 aliphatic heterocycles. The first-order valence-corrected chi connectivity index (χ1v) is 47.2. The van der Waals surface area contributed by atoms with Crippen molar-refractivity contribution in [1.29, 1.82) is 0 Å². The number of hydrogen-bond acceptors (Lipinski definition) is 15. The number of phosphoric acid groups is 2. The highest BCUT2D eigenvalue weighted by Gasteiger charge is 2.30. The molecule has 0 saturated heterocycles. The van der Waals surface area contributed by atoms with Crippen molar-refractivity contribution >= 4 is 39.5 Å². The largest absolute Gasteiger partial charge is 0.472 e. The van der Waals surface area contributed by atoms with Crippen LogP contribution in [0.25, 0.3) is 0 Å². The third kappa shape index (κ3) is 76.8. The molecule has 0 aliphatic rings. The average Bonchev–Trinajstić information content (AvgIpc) is 0.907. The fourth-order valence-electron chi connectivity index (χ4n) is 13.3. The lowest BCUT2D eigenvalue weighted by atomic mass is 9.99. The van der Waals surface area contributed by atoms with Crippen molar-refractivity contribution in [2.75, 3.05) is 39.6 Å². The summed E-state index contributed by atoms with van der Waals surface area (Å²) in [7, 11) is -9.92. The minimum absolute atomic E-state index is 0.109. The van der Waals surface area contributed by atoms with E-state index in [1.54, 1.807) is 0 Å². The van der Waals surface area contributed by atoms with Crippen LogP contribution in [0.3, 0.4) is 0 Å². The van der Waals surface area contributed by atoms with Crippen molar-refractivity contribution in [2.45, 2.75) is 477 Å². The van der Waals surface area contributed by atoms with Crippen molar-refractivity contribution in [2.24, 2.45) is 5.92 Å².